The molecule has 270 valence electrons. The second-order valence-corrected chi connectivity index (χ2v) is 13.2. The van der Waals surface area contributed by atoms with E-state index >= 15 is 0 Å². The first-order valence-corrected chi connectivity index (χ1v) is 18.4. The molecule has 10 heteroatoms. The fourth-order valence-corrected chi connectivity index (χ4v) is 6.53. The summed E-state index contributed by atoms with van der Waals surface area (Å²) in [6.07, 6.45) is 16.0. The van der Waals surface area contributed by atoms with Crippen molar-refractivity contribution < 1.29 is 28.7 Å². The van der Waals surface area contributed by atoms with Crippen LogP contribution < -0.4 is 15.5 Å². The molecule has 3 aliphatic rings. The average molecular weight is 695 g/mol. The van der Waals surface area contributed by atoms with E-state index in [0.717, 1.165) is 80.9 Å². The molecule has 2 aromatic carbocycles. The Hall–Kier alpha value is -5.04. The third-order valence-corrected chi connectivity index (χ3v) is 9.37. The summed E-state index contributed by atoms with van der Waals surface area (Å²) >= 11 is 0. The molecule has 1 aliphatic heterocycles. The number of nitrogens with one attached hydrogen (secondary N) is 2. The monoisotopic (exact) mass is 694 g/mol. The molecule has 2 aliphatic carbocycles. The maximum Gasteiger partial charge on any atom is 0.407 e. The van der Waals surface area contributed by atoms with Gasteiger partial charge in [-0.2, -0.15) is 0 Å². The Bertz CT molecular complexity index is 1580. The maximum atomic E-state index is 13.8. The number of carbonyl (C=O) groups excluding carboxylic acids is 4. The van der Waals surface area contributed by atoms with Crippen LogP contribution in [0.3, 0.4) is 0 Å². The summed E-state index contributed by atoms with van der Waals surface area (Å²) in [4.78, 5) is 56.0. The summed E-state index contributed by atoms with van der Waals surface area (Å²) in [5.74, 6) is 5.98. The van der Waals surface area contributed by atoms with Crippen molar-refractivity contribution in [3.05, 3.63) is 89.5 Å². The third kappa shape index (κ3) is 12.1. The van der Waals surface area contributed by atoms with Crippen LogP contribution in [0.25, 0.3) is 0 Å². The van der Waals surface area contributed by atoms with Crippen molar-refractivity contribution in [3.63, 3.8) is 0 Å². The van der Waals surface area contributed by atoms with E-state index in [1.807, 2.05) is 48.5 Å². The average Bonchev–Trinajstić information content (AvgIpc) is 3.09. The quantitative estimate of drug-likeness (QED) is 0.198. The van der Waals surface area contributed by atoms with Gasteiger partial charge in [-0.25, -0.2) is 9.59 Å². The van der Waals surface area contributed by atoms with E-state index in [1.165, 1.54) is 0 Å². The number of allylic oxidation sites excluding steroid dienone is 4. The number of rotatable bonds is 11. The highest BCUT2D eigenvalue weighted by Gasteiger charge is 2.24. The van der Waals surface area contributed by atoms with E-state index in [1.54, 1.807) is 9.80 Å². The lowest BCUT2D eigenvalue weighted by Crippen LogP contribution is -2.44. The number of fused-ring (bicyclic) bond motifs is 2. The molecule has 4 amide bonds. The van der Waals surface area contributed by atoms with Gasteiger partial charge in [0.2, 0.25) is 11.8 Å². The van der Waals surface area contributed by atoms with Gasteiger partial charge in [0, 0.05) is 50.1 Å². The first-order chi connectivity index (χ1) is 25.0. The fraction of sp³-hybridized carbons (Fsp3) is 0.463. The van der Waals surface area contributed by atoms with E-state index in [2.05, 4.69) is 46.8 Å². The molecule has 5 rings (SSSR count). The number of alkyl carbamates (subject to hydrolysis) is 2. The van der Waals surface area contributed by atoms with Crippen molar-refractivity contribution in [1.82, 2.24) is 15.5 Å². The number of amides is 4. The van der Waals surface area contributed by atoms with Gasteiger partial charge in [-0.05, 0) is 88.0 Å². The lowest BCUT2D eigenvalue weighted by Gasteiger charge is -2.27. The van der Waals surface area contributed by atoms with E-state index in [-0.39, 0.29) is 63.0 Å². The highest BCUT2D eigenvalue weighted by molar-refractivity contribution is 5.97. The molecule has 0 spiro atoms. The molecular formula is C41H50N4O6. The number of hydrogen-bond donors (Lipinski definition) is 2. The highest BCUT2D eigenvalue weighted by Crippen LogP contribution is 2.26. The topological polar surface area (TPSA) is 117 Å². The number of para-hydroxylation sites is 1. The SMILES string of the molecule is O=C(NCCN(CCNC(=O)O[C@@H]1CC/C=C\CCC1)C(=O)CCC(=O)N1Cc2ccccc2C#Cc2ccccc21)O[C@@H]1CC/C=C\CCC1. The molecule has 0 fully saturated rings. The van der Waals surface area contributed by atoms with Crippen molar-refractivity contribution >= 4 is 29.7 Å². The molecule has 2 N–H and O–H groups in total. The number of carbonyl (C=O) groups is 4. The van der Waals surface area contributed by atoms with Crippen LogP contribution in [0.4, 0.5) is 15.3 Å². The Morgan fingerprint density at radius 3 is 1.88 bits per heavy atom. The second-order valence-electron chi connectivity index (χ2n) is 13.2. The number of anilines is 1. The van der Waals surface area contributed by atoms with Crippen LogP contribution in [0.1, 0.15) is 93.7 Å². The van der Waals surface area contributed by atoms with E-state index in [4.69, 9.17) is 9.47 Å². The van der Waals surface area contributed by atoms with Crippen molar-refractivity contribution in [1.29, 1.82) is 0 Å². The van der Waals surface area contributed by atoms with Gasteiger partial charge in [0.05, 0.1) is 12.2 Å². The summed E-state index contributed by atoms with van der Waals surface area (Å²) in [6, 6.07) is 15.3. The molecule has 0 aromatic heterocycles. The van der Waals surface area contributed by atoms with Crippen LogP contribution in [0, 0.1) is 11.8 Å². The Morgan fingerprint density at radius 2 is 1.24 bits per heavy atom. The zero-order valence-corrected chi connectivity index (χ0v) is 29.4. The van der Waals surface area contributed by atoms with Crippen LogP contribution in [-0.4, -0.2) is 67.3 Å². The van der Waals surface area contributed by atoms with Crippen molar-refractivity contribution in [3.8, 4) is 11.8 Å². The fourth-order valence-electron chi connectivity index (χ4n) is 6.53. The Kier molecular flexibility index (Phi) is 14.6. The smallest absolute Gasteiger partial charge is 0.407 e. The minimum Gasteiger partial charge on any atom is -0.446 e. The standard InChI is InChI=1S/C41H50N4O6/c46-38(25-26-39(47)45-31-34-17-12-11-15-32(34)23-24-33-16-13-14-22-37(33)45)44(29-27-42-40(48)50-35-18-7-3-1-4-8-19-35)30-28-43-41(49)51-36-20-9-5-2-6-10-21-36/h1-3,5,11-17,22,35-36H,4,6-10,18-21,25-31H2,(H,42,48)(H,43,49)/b3-1-,5-2-/t35-,36-/m1/s1. The summed E-state index contributed by atoms with van der Waals surface area (Å²) in [5, 5.41) is 5.57. The van der Waals surface area contributed by atoms with Gasteiger partial charge in [0.25, 0.3) is 0 Å². The predicted molar refractivity (Wildman–Crippen MR) is 197 cm³/mol. The number of nitrogens with zero attached hydrogens (tertiary/aromatic N) is 2. The molecule has 51 heavy (non-hydrogen) atoms. The van der Waals surface area contributed by atoms with Crippen LogP contribution in [0.5, 0.6) is 0 Å². The zero-order valence-electron chi connectivity index (χ0n) is 29.4. The molecule has 0 radical (unpaired) electrons. The van der Waals surface area contributed by atoms with E-state index < -0.39 is 12.2 Å². The lowest BCUT2D eigenvalue weighted by atomic mass is 10.0. The largest absolute Gasteiger partial charge is 0.446 e. The molecule has 0 saturated carbocycles. The number of ether oxygens (including phenoxy) is 2. The predicted octanol–water partition coefficient (Wildman–Crippen LogP) is 6.77. The summed E-state index contributed by atoms with van der Waals surface area (Å²) in [6.45, 7) is 1.05. The highest BCUT2D eigenvalue weighted by atomic mass is 16.6. The molecule has 0 bridgehead atoms. The van der Waals surface area contributed by atoms with E-state index in [0.29, 0.717) is 12.2 Å². The summed E-state index contributed by atoms with van der Waals surface area (Å²) in [5.41, 5.74) is 3.25. The molecule has 1 heterocycles. The van der Waals surface area contributed by atoms with Crippen LogP contribution >= 0.6 is 0 Å². The molecule has 2 atom stereocenters. The zero-order chi connectivity index (χ0) is 35.7. The lowest BCUT2D eigenvalue weighted by molar-refractivity contribution is -0.133. The molecule has 0 unspecified atom stereocenters. The van der Waals surface area contributed by atoms with Crippen molar-refractivity contribution in [2.24, 2.45) is 0 Å². The Balaban J connectivity index is 1.18. The third-order valence-electron chi connectivity index (χ3n) is 9.37. The van der Waals surface area contributed by atoms with Gasteiger partial charge in [-0.15, -0.1) is 0 Å². The number of hydrogen-bond acceptors (Lipinski definition) is 6. The first kappa shape index (κ1) is 37.2. The molecule has 2 aromatic rings. The summed E-state index contributed by atoms with van der Waals surface area (Å²) < 4.78 is 11.3. The molecule has 10 nitrogen and oxygen atoms in total. The maximum absolute atomic E-state index is 13.8. The number of benzene rings is 2. The summed E-state index contributed by atoms with van der Waals surface area (Å²) in [7, 11) is 0. The minimum absolute atomic E-state index is 0.0174. The van der Waals surface area contributed by atoms with Gasteiger partial charge >= 0.3 is 12.2 Å². The van der Waals surface area contributed by atoms with Crippen molar-refractivity contribution in [2.75, 3.05) is 31.1 Å². The first-order valence-electron chi connectivity index (χ1n) is 18.4. The van der Waals surface area contributed by atoms with E-state index in [9.17, 15) is 19.2 Å². The van der Waals surface area contributed by atoms with Gasteiger partial charge < -0.3 is 29.9 Å². The Morgan fingerprint density at radius 1 is 0.686 bits per heavy atom. The van der Waals surface area contributed by atoms with Crippen LogP contribution in [-0.2, 0) is 25.6 Å². The van der Waals surface area contributed by atoms with Gasteiger partial charge in [0.1, 0.15) is 12.2 Å². The van der Waals surface area contributed by atoms with Gasteiger partial charge in [-0.1, -0.05) is 66.5 Å². The van der Waals surface area contributed by atoms with Crippen LogP contribution in [0.2, 0.25) is 0 Å². The van der Waals surface area contributed by atoms with Crippen molar-refractivity contribution in [2.45, 2.75) is 95.8 Å². The minimum atomic E-state index is -0.512. The normalized spacial score (nSPS) is 19.6. The van der Waals surface area contributed by atoms with Gasteiger partial charge in [0.15, 0.2) is 0 Å². The molecular weight excluding hydrogens is 644 g/mol. The second kappa shape index (κ2) is 20.0. The van der Waals surface area contributed by atoms with Crippen LogP contribution in [0.15, 0.2) is 72.8 Å². The van der Waals surface area contributed by atoms with Gasteiger partial charge in [-0.3, -0.25) is 9.59 Å². The Labute approximate surface area is 301 Å². The molecule has 0 saturated heterocycles.